The third kappa shape index (κ3) is 10.9. The topological polar surface area (TPSA) is 70.2 Å². The molecule has 150 valence electrons. The van der Waals surface area contributed by atoms with Crippen LogP contribution in [0.3, 0.4) is 0 Å². The van der Waals surface area contributed by atoms with Crippen molar-refractivity contribution in [3.8, 4) is 0 Å². The van der Waals surface area contributed by atoms with Crippen molar-refractivity contribution >= 4 is 44.6 Å². The molecule has 0 saturated carbocycles. The van der Waals surface area contributed by atoms with E-state index in [1.165, 1.54) is 0 Å². The monoisotopic (exact) mass is 432 g/mol. The molecule has 0 aliphatic heterocycles. The van der Waals surface area contributed by atoms with E-state index in [4.69, 9.17) is 46.4 Å². The number of hydrogen-bond donors (Lipinski definition) is 2. The molecule has 0 radical (unpaired) electrons. The van der Waals surface area contributed by atoms with Crippen LogP contribution in [0.25, 0.3) is 0 Å². The van der Waals surface area contributed by atoms with Crippen molar-refractivity contribution < 1.29 is 22.3 Å². The maximum Gasteiger partial charge on any atom is 0.500 e. The van der Waals surface area contributed by atoms with Crippen LogP contribution in [0, 0.1) is 0 Å². The average Bonchev–Trinajstić information content (AvgIpc) is 2.52. The van der Waals surface area contributed by atoms with Crippen molar-refractivity contribution in [1.82, 2.24) is 10.4 Å². The minimum absolute atomic E-state index is 0.432. The summed E-state index contributed by atoms with van der Waals surface area (Å²) in [5, 5.41) is 6.55. The van der Waals surface area contributed by atoms with Gasteiger partial charge in [-0.1, -0.05) is 0 Å². The van der Waals surface area contributed by atoms with Crippen molar-refractivity contribution in [3.63, 3.8) is 0 Å². The van der Waals surface area contributed by atoms with Gasteiger partial charge < -0.3 is 27.6 Å². The molecule has 0 saturated heterocycles. The predicted molar refractivity (Wildman–Crippen MR) is 111 cm³/mol. The normalized spacial score (nSPS) is 12.2. The molecule has 0 aliphatic carbocycles. The molecule has 0 aliphatic rings. The van der Waals surface area contributed by atoms with Crippen LogP contribution in [0.4, 0.5) is 0 Å². The predicted octanol–water partition coefficient (Wildman–Crippen LogP) is 3.19. The van der Waals surface area contributed by atoms with E-state index >= 15 is 0 Å². The minimum Gasteiger partial charge on any atom is -0.374 e. The van der Waals surface area contributed by atoms with Crippen LogP contribution in [0.15, 0.2) is 0 Å². The number of nitrogens with one attached hydrogen (secondary N) is 2. The molecule has 0 spiro atoms. The Morgan fingerprint density at radius 2 is 1.36 bits per heavy atom. The fourth-order valence-electron chi connectivity index (χ4n) is 2.11. The molecular formula is C14H33N2O5PS2Si. The van der Waals surface area contributed by atoms with Gasteiger partial charge in [0, 0.05) is 32.4 Å². The van der Waals surface area contributed by atoms with Gasteiger partial charge in [0.05, 0.1) is 13.2 Å². The second-order valence-electron chi connectivity index (χ2n) is 4.79. The summed E-state index contributed by atoms with van der Waals surface area (Å²) in [6.45, 7) is 10.3. The summed E-state index contributed by atoms with van der Waals surface area (Å²) < 4.78 is 28.5. The molecule has 0 aromatic rings. The summed E-state index contributed by atoms with van der Waals surface area (Å²) in [6, 6.07) is 0.725. The molecule has 0 atom stereocenters. The van der Waals surface area contributed by atoms with Gasteiger partial charge in [-0.15, -0.1) is 0 Å². The third-order valence-corrected chi connectivity index (χ3v) is 9.02. The first-order chi connectivity index (χ1) is 11.9. The van der Waals surface area contributed by atoms with E-state index in [1.54, 1.807) is 0 Å². The maximum absolute atomic E-state index is 5.83. The lowest BCUT2D eigenvalue weighted by atomic mass is 10.5. The Morgan fingerprint density at radius 3 is 1.76 bits per heavy atom. The molecule has 0 amide bonds. The number of rotatable bonds is 15. The highest BCUT2D eigenvalue weighted by atomic mass is 32.5. The lowest BCUT2D eigenvalue weighted by Gasteiger charge is -2.28. The van der Waals surface area contributed by atoms with E-state index in [1.807, 2.05) is 34.6 Å². The minimum atomic E-state index is -2.61. The van der Waals surface area contributed by atoms with Gasteiger partial charge in [-0.25, -0.2) is 0 Å². The van der Waals surface area contributed by atoms with Crippen molar-refractivity contribution in [1.29, 1.82) is 0 Å². The van der Waals surface area contributed by atoms with Crippen LogP contribution in [-0.2, 0) is 34.1 Å². The number of hydrogen-bond acceptors (Lipinski definition) is 7. The quantitative estimate of drug-likeness (QED) is 0.176. The second kappa shape index (κ2) is 14.4. The molecule has 0 aromatic carbocycles. The Balaban J connectivity index is 4.42. The van der Waals surface area contributed by atoms with Gasteiger partial charge >= 0.3 is 8.80 Å². The first-order valence-electron chi connectivity index (χ1n) is 8.77. The summed E-state index contributed by atoms with van der Waals surface area (Å²) in [4.78, 5) is 0. The Hall–Kier alpha value is 0.357. The zero-order valence-electron chi connectivity index (χ0n) is 16.0. The van der Waals surface area contributed by atoms with E-state index in [-0.39, 0.29) is 0 Å². The van der Waals surface area contributed by atoms with Gasteiger partial charge in [0.1, 0.15) is 0 Å². The Morgan fingerprint density at radius 1 is 0.880 bits per heavy atom. The zero-order chi connectivity index (χ0) is 19.2. The molecule has 0 unspecified atom stereocenters. The van der Waals surface area contributed by atoms with E-state index in [0.717, 1.165) is 12.5 Å². The van der Waals surface area contributed by atoms with Crippen LogP contribution < -0.4 is 10.4 Å². The molecule has 0 heterocycles. The van der Waals surface area contributed by atoms with Gasteiger partial charge in [-0.3, -0.25) is 5.09 Å². The highest BCUT2D eigenvalue weighted by molar-refractivity contribution is 8.09. The van der Waals surface area contributed by atoms with Crippen LogP contribution in [-0.4, -0.2) is 53.5 Å². The van der Waals surface area contributed by atoms with Gasteiger partial charge in [0.25, 0.3) is 6.64 Å². The molecule has 0 aromatic heterocycles. The highest BCUT2D eigenvalue weighted by Crippen LogP contribution is 2.43. The third-order valence-electron chi connectivity index (χ3n) is 2.87. The second-order valence-corrected chi connectivity index (χ2v) is 11.1. The van der Waals surface area contributed by atoms with Crippen LogP contribution in [0.2, 0.25) is 6.04 Å². The molecule has 25 heavy (non-hydrogen) atoms. The largest absolute Gasteiger partial charge is 0.500 e. The Labute approximate surface area is 164 Å². The van der Waals surface area contributed by atoms with Crippen molar-refractivity contribution in [2.24, 2.45) is 0 Å². The van der Waals surface area contributed by atoms with E-state index < -0.39 is 15.4 Å². The zero-order valence-corrected chi connectivity index (χ0v) is 19.5. The Bertz CT molecular complexity index is 394. The first kappa shape index (κ1) is 25.4. The summed E-state index contributed by atoms with van der Waals surface area (Å²) in [7, 11) is -2.61. The lowest BCUT2D eigenvalue weighted by molar-refractivity contribution is 0.0709. The smallest absolute Gasteiger partial charge is 0.374 e. The van der Waals surface area contributed by atoms with Crippen LogP contribution >= 0.6 is 18.9 Å². The van der Waals surface area contributed by atoms with Gasteiger partial charge in [-0.05, 0) is 65.1 Å². The van der Waals surface area contributed by atoms with Crippen molar-refractivity contribution in [2.75, 3.05) is 39.6 Å². The van der Waals surface area contributed by atoms with Crippen molar-refractivity contribution in [3.05, 3.63) is 0 Å². The summed E-state index contributed by atoms with van der Waals surface area (Å²) in [5.74, 6) is 0. The summed E-state index contributed by atoms with van der Waals surface area (Å²) in [6.07, 6.45) is 0.806. The van der Waals surface area contributed by atoms with Crippen LogP contribution in [0.1, 0.15) is 41.0 Å². The van der Waals surface area contributed by atoms with Gasteiger partial charge in [0.15, 0.2) is 5.11 Å². The first-order valence-corrected chi connectivity index (χ1v) is 13.8. The summed E-state index contributed by atoms with van der Waals surface area (Å²) >= 11 is 10.7. The SMILES string of the molecule is CCO[Si](CCCNC(=S)NP(=S)(OCC)OCC)(OCC)OCC. The molecule has 2 N–H and O–H groups in total. The maximum atomic E-state index is 5.83. The van der Waals surface area contributed by atoms with Gasteiger partial charge in [-0.2, -0.15) is 0 Å². The highest BCUT2D eigenvalue weighted by Gasteiger charge is 2.39. The van der Waals surface area contributed by atoms with Crippen LogP contribution in [0.5, 0.6) is 0 Å². The van der Waals surface area contributed by atoms with Gasteiger partial charge in [0.2, 0.25) is 0 Å². The molecule has 11 heteroatoms. The fourth-order valence-corrected chi connectivity index (χ4v) is 7.48. The molecule has 0 fully saturated rings. The average molecular weight is 433 g/mol. The number of thiocarbonyl (C=S) groups is 1. The van der Waals surface area contributed by atoms with E-state index in [9.17, 15) is 0 Å². The molecule has 0 rings (SSSR count). The van der Waals surface area contributed by atoms with Crippen molar-refractivity contribution in [2.45, 2.75) is 47.1 Å². The van der Waals surface area contributed by atoms with E-state index in [2.05, 4.69) is 10.4 Å². The fraction of sp³-hybridized carbons (Fsp3) is 0.929. The molecule has 0 bridgehead atoms. The molecule has 7 nitrogen and oxygen atoms in total. The molecular weight excluding hydrogens is 399 g/mol. The lowest BCUT2D eigenvalue weighted by Crippen LogP contribution is -2.46. The van der Waals surface area contributed by atoms with E-state index in [0.29, 0.717) is 44.7 Å². The standard InChI is InChI=1S/C14H33N2O5PS2Si/c1-6-17-22(24,18-7-2)16-14(23)15-12-11-13-25(19-8-3,20-9-4)21-10-5/h6-13H2,1-5H3,(H2,15,16,23,24). The Kier molecular flexibility index (Phi) is 14.6. The summed E-state index contributed by atoms with van der Waals surface area (Å²) in [5.41, 5.74) is 0.